The third kappa shape index (κ3) is 25.1. The predicted octanol–water partition coefficient (Wildman–Crippen LogP) is 4.94. The van der Waals surface area contributed by atoms with E-state index in [-0.39, 0.29) is 93.0 Å². The number of non-ortho nitro benzene ring substituents is 2. The van der Waals surface area contributed by atoms with Crippen molar-refractivity contribution < 1.29 is 62.9 Å². The number of carboxylic acids is 1. The first-order chi connectivity index (χ1) is 38.7. The van der Waals surface area contributed by atoms with Crippen LogP contribution in [0.1, 0.15) is 92.1 Å². The third-order valence-electron chi connectivity index (χ3n) is 11.2. The van der Waals surface area contributed by atoms with Crippen LogP contribution in [0, 0.1) is 34.1 Å². The molecule has 0 fully saturated rings. The van der Waals surface area contributed by atoms with Crippen LogP contribution in [0.3, 0.4) is 0 Å². The molecule has 0 bridgehead atoms. The van der Waals surface area contributed by atoms with Gasteiger partial charge < -0.3 is 41.4 Å². The minimum absolute atomic E-state index is 0.000608. The molecule has 25 heteroatoms. The summed E-state index contributed by atoms with van der Waals surface area (Å²) in [5.74, 6) is -4.12. The molecule has 4 aromatic carbocycles. The van der Waals surface area contributed by atoms with Gasteiger partial charge in [-0.15, -0.1) is 6.58 Å². The molecule has 4 rings (SSSR count). The second kappa shape index (κ2) is 40.1. The lowest BCUT2D eigenvalue weighted by atomic mass is 9.98. The standard InChI is InChI=1S/C36H39N7O9.C14H23N3O5.C3H6.C2H6.CH2O/c1-24-7-4-9-26-17-28(42(49)50)19-30(33(24)26)35(47)40(22-44)14-12-38-11-6-13-39(32(46)21-37-3)15-16-41(23-45)36(48)31-20-29(43(51)52)18-27-10-5-8-25(2)34(27)31;1-3-4-5-8-15-14(22)10(2)17-12(19)9-16-11(18)6-7-13(20)21;1-3-2;2*1-2/h4-5,7-10,17-20,22-23,37-38H,6,11-16,21H2,1-3H3;3-4,10H,5-9H2,1-2H3,(H,15,22)(H,16,18)(H,17,19)(H,20,21);3H,1H2,2H3;1-2H3;1H2/b;4-3+;;;. The number of likely N-dealkylation sites (N-methyl/N-ethyl adjacent to an activating group) is 1. The quantitative estimate of drug-likeness (QED) is 0.0144. The summed E-state index contributed by atoms with van der Waals surface area (Å²) in [4.78, 5) is 142. The summed E-state index contributed by atoms with van der Waals surface area (Å²) in [6, 6.07) is 14.6. The Morgan fingerprint density at radius 1 is 0.704 bits per heavy atom. The van der Waals surface area contributed by atoms with Crippen LogP contribution >= 0.6 is 0 Å². The maximum atomic E-state index is 13.6. The van der Waals surface area contributed by atoms with Gasteiger partial charge in [0.15, 0.2) is 0 Å². The maximum Gasteiger partial charge on any atom is 0.303 e. The fourth-order valence-corrected chi connectivity index (χ4v) is 7.48. The number of fused-ring (bicyclic) bond motifs is 2. The molecule has 6 N–H and O–H groups in total. The van der Waals surface area contributed by atoms with E-state index in [4.69, 9.17) is 9.90 Å². The molecule has 440 valence electrons. The largest absolute Gasteiger partial charge is 0.481 e. The second-order valence-electron chi connectivity index (χ2n) is 17.1. The van der Waals surface area contributed by atoms with Gasteiger partial charge in [0.05, 0.1) is 40.5 Å². The van der Waals surface area contributed by atoms with Crippen LogP contribution in [0.5, 0.6) is 0 Å². The van der Waals surface area contributed by atoms with Crippen molar-refractivity contribution in [2.45, 2.75) is 80.2 Å². The lowest BCUT2D eigenvalue weighted by Gasteiger charge is -2.26. The molecule has 0 aliphatic carbocycles. The average molecular weight is 1130 g/mol. The highest BCUT2D eigenvalue weighted by atomic mass is 16.6. The Morgan fingerprint density at radius 2 is 1.21 bits per heavy atom. The molecule has 0 aromatic heterocycles. The van der Waals surface area contributed by atoms with Crippen molar-refractivity contribution in [1.29, 1.82) is 0 Å². The highest BCUT2D eigenvalue weighted by molar-refractivity contribution is 6.12. The summed E-state index contributed by atoms with van der Waals surface area (Å²) in [5.41, 5.74) is 0.918. The molecule has 0 spiro atoms. The number of benzene rings is 4. The average Bonchev–Trinajstić information content (AvgIpc) is 3.48. The van der Waals surface area contributed by atoms with E-state index in [1.165, 1.54) is 30.0 Å². The fourth-order valence-electron chi connectivity index (χ4n) is 7.48. The molecule has 25 nitrogen and oxygen atoms in total. The number of hydrogen-bond donors (Lipinski definition) is 6. The third-order valence-corrected chi connectivity index (χ3v) is 11.2. The SMILES string of the molecule is C/C=C/CCNC(=O)C(C)NC(=O)CNC(=O)CCC(=O)O.C=CC.C=O.CC.CNCC(=O)N(CCCNCCN(C=O)C(=O)c1cc([N+](=O)[O-])cc2cccc(C)c12)CCN(C=O)C(=O)c1cc([N+](=O)[O-])cc2cccc(C)c12. The molecule has 0 heterocycles. The second-order valence-corrected chi connectivity index (χ2v) is 17.1. The van der Waals surface area contributed by atoms with E-state index in [0.717, 1.165) is 21.4 Å². The summed E-state index contributed by atoms with van der Waals surface area (Å²) in [7, 11) is 1.60. The van der Waals surface area contributed by atoms with Crippen LogP contribution in [-0.2, 0) is 38.4 Å². The van der Waals surface area contributed by atoms with Crippen LogP contribution < -0.4 is 26.6 Å². The Hall–Kier alpha value is -9.10. The number of carbonyl (C=O) groups is 10. The van der Waals surface area contributed by atoms with Gasteiger partial charge in [-0.05, 0) is 93.7 Å². The number of nitrogens with one attached hydrogen (secondary N) is 5. The zero-order valence-electron chi connectivity index (χ0n) is 47.2. The first-order valence-electron chi connectivity index (χ1n) is 25.7. The van der Waals surface area contributed by atoms with Gasteiger partial charge in [0.2, 0.25) is 36.4 Å². The van der Waals surface area contributed by atoms with E-state index in [1.54, 1.807) is 63.4 Å². The normalized spacial score (nSPS) is 10.5. The predicted molar refractivity (Wildman–Crippen MR) is 307 cm³/mol. The van der Waals surface area contributed by atoms with Gasteiger partial charge >= 0.3 is 5.97 Å². The van der Waals surface area contributed by atoms with Gasteiger partial charge in [-0.2, -0.15) is 0 Å². The Morgan fingerprint density at radius 3 is 1.67 bits per heavy atom. The molecule has 0 aliphatic heterocycles. The van der Waals surface area contributed by atoms with E-state index >= 15 is 0 Å². The number of imide groups is 2. The molecule has 1 atom stereocenters. The summed E-state index contributed by atoms with van der Waals surface area (Å²) in [6.07, 6.45) is 6.92. The minimum atomic E-state index is -1.08. The minimum Gasteiger partial charge on any atom is -0.481 e. The van der Waals surface area contributed by atoms with Crippen molar-refractivity contribution >= 4 is 93.9 Å². The molecule has 81 heavy (non-hydrogen) atoms. The Balaban J connectivity index is 0.00000184. The lowest BCUT2D eigenvalue weighted by Crippen LogP contribution is -2.48. The van der Waals surface area contributed by atoms with Gasteiger partial charge in [0, 0.05) is 70.0 Å². The Kier molecular flexibility index (Phi) is 35.6. The van der Waals surface area contributed by atoms with Gasteiger partial charge in [-0.1, -0.05) is 68.5 Å². The van der Waals surface area contributed by atoms with Crippen LogP contribution in [0.4, 0.5) is 11.4 Å². The van der Waals surface area contributed by atoms with Crippen LogP contribution in [-0.4, -0.2) is 163 Å². The number of nitro benzene ring substituents is 2. The number of carboxylic acid groups (broad SMARTS) is 1. The van der Waals surface area contributed by atoms with E-state index in [0.29, 0.717) is 65.9 Å². The molecule has 0 radical (unpaired) electrons. The number of nitro groups is 2. The maximum absolute atomic E-state index is 13.6. The molecular weight excluding hydrogens is 1050 g/mol. The zero-order chi connectivity index (χ0) is 61.6. The number of carbonyl (C=O) groups excluding carboxylic acids is 9. The molecule has 1 unspecified atom stereocenters. The van der Waals surface area contributed by atoms with Gasteiger partial charge in [-0.25, -0.2) is 0 Å². The number of rotatable bonds is 28. The first kappa shape index (κ1) is 71.9. The van der Waals surface area contributed by atoms with Crippen LogP contribution in [0.2, 0.25) is 0 Å². The summed E-state index contributed by atoms with van der Waals surface area (Å²) < 4.78 is 0. The number of aliphatic carboxylic acids is 1. The number of amides is 8. The highest BCUT2D eigenvalue weighted by Gasteiger charge is 2.25. The van der Waals surface area contributed by atoms with Crippen LogP contribution in [0.25, 0.3) is 21.5 Å². The molecule has 8 amide bonds. The van der Waals surface area contributed by atoms with Gasteiger partial charge in [0.1, 0.15) is 12.8 Å². The fraction of sp³-hybridized carbons (Fsp3) is 0.393. The molecule has 4 aromatic rings. The van der Waals surface area contributed by atoms with E-state index < -0.39 is 45.5 Å². The van der Waals surface area contributed by atoms with E-state index in [1.807, 2.05) is 46.6 Å². The van der Waals surface area contributed by atoms with Crippen molar-refractivity contribution in [1.82, 2.24) is 41.3 Å². The lowest BCUT2D eigenvalue weighted by molar-refractivity contribution is -0.384. The smallest absolute Gasteiger partial charge is 0.303 e. The van der Waals surface area contributed by atoms with Gasteiger partial charge in [0.25, 0.3) is 23.2 Å². The van der Waals surface area contributed by atoms with Crippen molar-refractivity contribution in [3.63, 3.8) is 0 Å². The number of hydrogen-bond acceptors (Lipinski definition) is 16. The zero-order valence-corrected chi connectivity index (χ0v) is 47.2. The Labute approximate surface area is 470 Å². The summed E-state index contributed by atoms with van der Waals surface area (Å²) >= 11 is 0. The molecule has 0 saturated carbocycles. The molecular formula is C56H76N10O15. The number of nitrogens with zero attached hydrogens (tertiary/aromatic N) is 5. The summed E-state index contributed by atoms with van der Waals surface area (Å²) in [5, 5.41) is 46.8. The van der Waals surface area contributed by atoms with Crippen molar-refractivity contribution in [2.24, 2.45) is 0 Å². The highest BCUT2D eigenvalue weighted by Crippen LogP contribution is 2.30. The first-order valence-corrected chi connectivity index (χ1v) is 25.7. The van der Waals surface area contributed by atoms with Crippen molar-refractivity contribution in [2.75, 3.05) is 66.0 Å². The van der Waals surface area contributed by atoms with E-state index in [9.17, 15) is 63.4 Å². The van der Waals surface area contributed by atoms with Gasteiger partial charge in [-0.3, -0.25) is 73.2 Å². The number of aryl methyl sites for hydroxylation is 2. The number of allylic oxidation sites excluding steroid dienone is 2. The molecule has 0 saturated heterocycles. The van der Waals surface area contributed by atoms with Crippen LogP contribution in [0.15, 0.2) is 85.5 Å². The molecule has 0 aliphatic rings. The monoisotopic (exact) mass is 1130 g/mol. The summed E-state index contributed by atoms with van der Waals surface area (Å²) in [6.45, 7) is 19.0. The van der Waals surface area contributed by atoms with Crippen molar-refractivity contribution in [3.05, 3.63) is 128 Å². The van der Waals surface area contributed by atoms with E-state index in [2.05, 4.69) is 33.2 Å². The van der Waals surface area contributed by atoms with Crippen molar-refractivity contribution in [3.8, 4) is 0 Å². The topological polar surface area (TPSA) is 347 Å². The Bertz CT molecular complexity index is 2820.